The highest BCUT2D eigenvalue weighted by Gasteiger charge is 2.18. The minimum Gasteiger partial charge on any atom is -0.493 e. The summed E-state index contributed by atoms with van der Waals surface area (Å²) in [5.41, 5.74) is 3.06. The van der Waals surface area contributed by atoms with E-state index in [0.29, 0.717) is 33.0 Å². The van der Waals surface area contributed by atoms with E-state index >= 15 is 0 Å². The average Bonchev–Trinajstić information content (AvgIpc) is 3.19. The molecule has 0 aliphatic rings. The second kappa shape index (κ2) is 11.0. The third-order valence-corrected chi connectivity index (χ3v) is 6.82. The van der Waals surface area contributed by atoms with Gasteiger partial charge >= 0.3 is 0 Å². The summed E-state index contributed by atoms with van der Waals surface area (Å²) in [6.45, 7) is 3.78. The topological polar surface area (TPSA) is 93.4 Å². The van der Waals surface area contributed by atoms with E-state index in [4.69, 9.17) is 9.47 Å². The van der Waals surface area contributed by atoms with Crippen molar-refractivity contribution in [2.75, 3.05) is 19.5 Å². The third-order valence-electron chi connectivity index (χ3n) is 5.73. The summed E-state index contributed by atoms with van der Waals surface area (Å²) in [5, 5.41) is 12.8. The van der Waals surface area contributed by atoms with E-state index in [1.165, 1.54) is 18.8 Å². The monoisotopic (exact) mass is 511 g/mol. The van der Waals surface area contributed by atoms with Crippen molar-refractivity contribution < 1.29 is 14.3 Å². The number of nitriles is 1. The summed E-state index contributed by atoms with van der Waals surface area (Å²) in [6.07, 6.45) is 1.68. The molecule has 0 aliphatic heterocycles. The Labute approximate surface area is 218 Å². The van der Waals surface area contributed by atoms with Gasteiger partial charge in [0.05, 0.1) is 24.4 Å². The summed E-state index contributed by atoms with van der Waals surface area (Å²) < 4.78 is 12.9. The molecule has 0 unspecified atom stereocenters. The van der Waals surface area contributed by atoms with E-state index in [0.717, 1.165) is 22.5 Å². The van der Waals surface area contributed by atoms with Crippen LogP contribution in [0.5, 0.6) is 11.5 Å². The van der Waals surface area contributed by atoms with Crippen LogP contribution in [0, 0.1) is 25.2 Å². The highest BCUT2D eigenvalue weighted by atomic mass is 32.1. The standard InChI is InChI=1S/C29H25N3O4S/c1-18-9-7-12-21(15-18)31-27(33)22(17-30)29-32(23-13-6-5-10-19(23)2)28(34)25(37-29)16-20-11-8-14-24(35-3)26(20)36-4/h5-16H,1-4H3,(H,31,33)/b25-16+,29-22-. The van der Waals surface area contributed by atoms with Crippen molar-refractivity contribution in [2.45, 2.75) is 13.8 Å². The number of thiazole rings is 1. The Kier molecular flexibility index (Phi) is 7.56. The molecule has 0 spiro atoms. The van der Waals surface area contributed by atoms with E-state index < -0.39 is 5.91 Å². The number of methoxy groups -OCH3 is 2. The second-order valence-electron chi connectivity index (χ2n) is 8.24. The fourth-order valence-corrected chi connectivity index (χ4v) is 5.05. The van der Waals surface area contributed by atoms with Crippen LogP contribution in [0.3, 0.4) is 0 Å². The van der Waals surface area contributed by atoms with Crippen molar-refractivity contribution >= 4 is 34.6 Å². The maximum absolute atomic E-state index is 13.8. The van der Waals surface area contributed by atoms with Gasteiger partial charge in [-0.2, -0.15) is 5.26 Å². The molecule has 1 aromatic heterocycles. The molecule has 0 aliphatic carbocycles. The number of nitrogens with zero attached hydrogens (tertiary/aromatic N) is 2. The summed E-state index contributed by atoms with van der Waals surface area (Å²) in [5.74, 6) is 0.403. The molecule has 0 saturated carbocycles. The van der Waals surface area contributed by atoms with Crippen LogP contribution in [-0.4, -0.2) is 24.7 Å². The lowest BCUT2D eigenvalue weighted by atomic mass is 10.1. The van der Waals surface area contributed by atoms with Gasteiger partial charge in [0, 0.05) is 11.3 Å². The van der Waals surface area contributed by atoms with Crippen molar-refractivity contribution in [2.24, 2.45) is 0 Å². The number of hydrogen-bond donors (Lipinski definition) is 1. The van der Waals surface area contributed by atoms with E-state index in [9.17, 15) is 14.9 Å². The number of anilines is 1. The van der Waals surface area contributed by atoms with Gasteiger partial charge in [0.15, 0.2) is 17.1 Å². The summed E-state index contributed by atoms with van der Waals surface area (Å²) >= 11 is 1.07. The predicted molar refractivity (Wildman–Crippen MR) is 146 cm³/mol. The quantitative estimate of drug-likeness (QED) is 0.426. The first kappa shape index (κ1) is 25.5. The van der Waals surface area contributed by atoms with Gasteiger partial charge < -0.3 is 14.8 Å². The number of para-hydroxylation sites is 2. The molecule has 4 rings (SSSR count). The number of hydrogen-bond acceptors (Lipinski definition) is 6. The zero-order valence-corrected chi connectivity index (χ0v) is 21.7. The number of nitrogens with one attached hydrogen (secondary N) is 1. The molecule has 7 nitrogen and oxygen atoms in total. The van der Waals surface area contributed by atoms with Crippen molar-refractivity contribution in [3.8, 4) is 23.3 Å². The summed E-state index contributed by atoms with van der Waals surface area (Å²) in [4.78, 5) is 27.0. The first-order valence-corrected chi connectivity index (χ1v) is 12.2. The SMILES string of the molecule is COc1cccc(/C=c2/s/c(=C(/C#N)C(=O)Nc3cccc(C)c3)n(-c3ccccc3C)c2=O)c1OC. The van der Waals surface area contributed by atoms with Gasteiger partial charge in [-0.15, -0.1) is 11.3 Å². The molecular formula is C29H25N3O4S. The van der Waals surface area contributed by atoms with Crippen LogP contribution < -0.4 is 29.5 Å². The van der Waals surface area contributed by atoms with Crippen molar-refractivity contribution in [3.05, 3.63) is 103 Å². The highest BCUT2D eigenvalue weighted by molar-refractivity contribution is 7.07. The lowest BCUT2D eigenvalue weighted by Gasteiger charge is -2.09. The van der Waals surface area contributed by atoms with E-state index in [1.54, 1.807) is 36.4 Å². The molecule has 0 saturated heterocycles. The largest absolute Gasteiger partial charge is 0.493 e. The average molecular weight is 512 g/mol. The van der Waals surface area contributed by atoms with Crippen LogP contribution >= 0.6 is 11.3 Å². The molecule has 0 fully saturated rings. The first-order chi connectivity index (χ1) is 17.9. The van der Waals surface area contributed by atoms with Gasteiger partial charge in [0.25, 0.3) is 11.5 Å². The molecule has 0 radical (unpaired) electrons. The van der Waals surface area contributed by atoms with E-state index in [-0.39, 0.29) is 15.8 Å². The molecule has 186 valence electrons. The van der Waals surface area contributed by atoms with Gasteiger partial charge in [-0.1, -0.05) is 42.5 Å². The van der Waals surface area contributed by atoms with Crippen molar-refractivity contribution in [3.63, 3.8) is 0 Å². The lowest BCUT2D eigenvalue weighted by Crippen LogP contribution is -2.32. The van der Waals surface area contributed by atoms with Crippen molar-refractivity contribution in [1.29, 1.82) is 5.26 Å². The highest BCUT2D eigenvalue weighted by Crippen LogP contribution is 2.31. The molecule has 1 amide bonds. The molecule has 3 aromatic carbocycles. The Morgan fingerprint density at radius 2 is 1.78 bits per heavy atom. The number of rotatable bonds is 6. The Balaban J connectivity index is 2.02. The Morgan fingerprint density at radius 1 is 1.03 bits per heavy atom. The molecule has 0 atom stereocenters. The third kappa shape index (κ3) is 5.17. The Bertz CT molecular complexity index is 1710. The minimum atomic E-state index is -0.595. The van der Waals surface area contributed by atoms with Crippen LogP contribution in [-0.2, 0) is 4.79 Å². The normalized spacial score (nSPS) is 12.0. The van der Waals surface area contributed by atoms with Crippen LogP contribution in [0.2, 0.25) is 0 Å². The number of carbonyl (C=O) groups is 1. The number of ether oxygens (including phenoxy) is 2. The molecule has 1 N–H and O–H groups in total. The maximum Gasteiger partial charge on any atom is 0.273 e. The second-order valence-corrected chi connectivity index (χ2v) is 9.27. The first-order valence-electron chi connectivity index (χ1n) is 11.4. The van der Waals surface area contributed by atoms with E-state index in [2.05, 4.69) is 5.32 Å². The molecule has 1 heterocycles. The van der Waals surface area contributed by atoms with Crippen molar-refractivity contribution in [1.82, 2.24) is 4.57 Å². The Hall–Kier alpha value is -4.61. The molecular weight excluding hydrogens is 486 g/mol. The number of aromatic nitrogens is 1. The fraction of sp³-hybridized carbons (Fsp3) is 0.138. The molecule has 8 heteroatoms. The van der Waals surface area contributed by atoms with Gasteiger partial charge in [0.2, 0.25) is 0 Å². The minimum absolute atomic E-state index is 0.163. The van der Waals surface area contributed by atoms with Gasteiger partial charge in [-0.25, -0.2) is 0 Å². The molecule has 4 aromatic rings. The van der Waals surface area contributed by atoms with Crippen LogP contribution in [0.1, 0.15) is 16.7 Å². The number of benzene rings is 3. The Morgan fingerprint density at radius 3 is 2.46 bits per heavy atom. The zero-order chi connectivity index (χ0) is 26.5. The maximum atomic E-state index is 13.8. The van der Waals surface area contributed by atoms with Gasteiger partial charge in [-0.05, 0) is 55.3 Å². The lowest BCUT2D eigenvalue weighted by molar-refractivity contribution is -0.111. The van der Waals surface area contributed by atoms with E-state index in [1.807, 2.05) is 56.3 Å². The van der Waals surface area contributed by atoms with Crippen LogP contribution in [0.4, 0.5) is 5.69 Å². The number of aryl methyl sites for hydroxylation is 2. The smallest absolute Gasteiger partial charge is 0.273 e. The van der Waals surface area contributed by atoms with Gasteiger partial charge in [0.1, 0.15) is 10.7 Å². The summed E-state index contributed by atoms with van der Waals surface area (Å²) in [7, 11) is 3.06. The fourth-order valence-electron chi connectivity index (χ4n) is 3.96. The van der Waals surface area contributed by atoms with Crippen LogP contribution in [0.25, 0.3) is 17.3 Å². The van der Waals surface area contributed by atoms with Gasteiger partial charge in [-0.3, -0.25) is 14.2 Å². The number of amides is 1. The predicted octanol–water partition coefficient (Wildman–Crippen LogP) is 3.67. The molecule has 0 bridgehead atoms. The van der Waals surface area contributed by atoms with Crippen LogP contribution in [0.15, 0.2) is 71.5 Å². The number of carbonyl (C=O) groups excluding carboxylic acids is 1. The summed E-state index contributed by atoms with van der Waals surface area (Å²) in [6, 6.07) is 22.0. The molecule has 37 heavy (non-hydrogen) atoms. The zero-order valence-electron chi connectivity index (χ0n) is 20.9.